The van der Waals surface area contributed by atoms with Gasteiger partial charge < -0.3 is 14.2 Å². The summed E-state index contributed by atoms with van der Waals surface area (Å²) in [5, 5.41) is 0. The number of hydrogen-bond donors (Lipinski definition) is 0. The molecule has 1 fully saturated rings. The van der Waals surface area contributed by atoms with E-state index < -0.39 is 0 Å². The van der Waals surface area contributed by atoms with Crippen LogP contribution in [-0.2, 0) is 11.3 Å². The normalized spacial score (nSPS) is 18.5. The predicted octanol–water partition coefficient (Wildman–Crippen LogP) is 1.35. The molecule has 6 heteroatoms. The SMILES string of the molecule is O=C(Cn1cccc1)N1CCCC(Oc2ccncn2)C1. The minimum atomic E-state index is 0.00209. The van der Waals surface area contributed by atoms with Gasteiger partial charge in [-0.1, -0.05) is 0 Å². The highest BCUT2D eigenvalue weighted by atomic mass is 16.5. The van der Waals surface area contributed by atoms with Crippen molar-refractivity contribution >= 4 is 5.91 Å². The molecular weight excluding hydrogens is 268 g/mol. The number of carbonyl (C=O) groups excluding carboxylic acids is 1. The van der Waals surface area contributed by atoms with Crippen molar-refractivity contribution in [2.75, 3.05) is 13.1 Å². The second-order valence-corrected chi connectivity index (χ2v) is 5.12. The third-order valence-electron chi connectivity index (χ3n) is 3.56. The highest BCUT2D eigenvalue weighted by molar-refractivity contribution is 5.76. The minimum absolute atomic E-state index is 0.00209. The lowest BCUT2D eigenvalue weighted by molar-refractivity contribution is -0.134. The van der Waals surface area contributed by atoms with E-state index in [1.165, 1.54) is 6.33 Å². The first kappa shape index (κ1) is 13.6. The fourth-order valence-electron chi connectivity index (χ4n) is 2.51. The molecule has 0 bridgehead atoms. The molecule has 0 aliphatic carbocycles. The number of rotatable bonds is 4. The average molecular weight is 286 g/mol. The van der Waals surface area contributed by atoms with Gasteiger partial charge in [0.1, 0.15) is 19.0 Å². The number of hydrogen-bond acceptors (Lipinski definition) is 4. The number of likely N-dealkylation sites (tertiary alicyclic amines) is 1. The van der Waals surface area contributed by atoms with E-state index in [4.69, 9.17) is 4.74 Å². The summed E-state index contributed by atoms with van der Waals surface area (Å²) in [6, 6.07) is 5.58. The Balaban J connectivity index is 1.56. The largest absolute Gasteiger partial charge is 0.472 e. The number of amides is 1. The zero-order valence-corrected chi connectivity index (χ0v) is 11.8. The van der Waals surface area contributed by atoms with E-state index >= 15 is 0 Å². The van der Waals surface area contributed by atoms with Crippen LogP contribution in [0.15, 0.2) is 43.1 Å². The zero-order chi connectivity index (χ0) is 14.5. The first-order valence-corrected chi connectivity index (χ1v) is 7.12. The average Bonchev–Trinajstić information content (AvgIpc) is 3.01. The molecule has 3 rings (SSSR count). The quantitative estimate of drug-likeness (QED) is 0.851. The Bertz CT molecular complexity index is 571. The van der Waals surface area contributed by atoms with Gasteiger partial charge in [-0.05, 0) is 25.0 Å². The summed E-state index contributed by atoms with van der Waals surface area (Å²) < 4.78 is 7.71. The highest BCUT2D eigenvalue weighted by Crippen LogP contribution is 2.16. The fraction of sp³-hybridized carbons (Fsp3) is 0.400. The first-order chi connectivity index (χ1) is 10.3. The smallest absolute Gasteiger partial charge is 0.242 e. The van der Waals surface area contributed by atoms with Crippen LogP contribution in [0.25, 0.3) is 0 Å². The number of ether oxygens (including phenoxy) is 1. The number of carbonyl (C=O) groups is 1. The third-order valence-corrected chi connectivity index (χ3v) is 3.56. The molecule has 1 saturated heterocycles. The van der Waals surface area contributed by atoms with Crippen LogP contribution >= 0.6 is 0 Å². The molecule has 0 spiro atoms. The molecule has 1 unspecified atom stereocenters. The second kappa shape index (κ2) is 6.39. The van der Waals surface area contributed by atoms with Crippen molar-refractivity contribution in [3.8, 4) is 5.88 Å². The summed E-state index contributed by atoms with van der Waals surface area (Å²) in [6.45, 7) is 1.79. The van der Waals surface area contributed by atoms with E-state index in [0.29, 0.717) is 19.0 Å². The molecule has 0 radical (unpaired) electrons. The lowest BCUT2D eigenvalue weighted by Crippen LogP contribution is -2.45. The molecule has 1 aliphatic heterocycles. The van der Waals surface area contributed by atoms with E-state index in [1.807, 2.05) is 34.0 Å². The zero-order valence-electron chi connectivity index (χ0n) is 11.8. The van der Waals surface area contributed by atoms with Crippen LogP contribution in [0.2, 0.25) is 0 Å². The maximum absolute atomic E-state index is 12.3. The van der Waals surface area contributed by atoms with Crippen molar-refractivity contribution in [3.05, 3.63) is 43.1 Å². The molecule has 1 aliphatic rings. The predicted molar refractivity (Wildman–Crippen MR) is 76.7 cm³/mol. The minimum Gasteiger partial charge on any atom is -0.472 e. The Morgan fingerprint density at radius 1 is 1.38 bits per heavy atom. The van der Waals surface area contributed by atoms with Crippen LogP contribution in [0, 0.1) is 0 Å². The van der Waals surface area contributed by atoms with Gasteiger partial charge >= 0.3 is 0 Å². The summed E-state index contributed by atoms with van der Waals surface area (Å²) in [6.07, 6.45) is 8.81. The van der Waals surface area contributed by atoms with Crippen molar-refractivity contribution in [3.63, 3.8) is 0 Å². The molecule has 21 heavy (non-hydrogen) atoms. The Morgan fingerprint density at radius 3 is 3.00 bits per heavy atom. The Morgan fingerprint density at radius 2 is 2.24 bits per heavy atom. The van der Waals surface area contributed by atoms with E-state index in [1.54, 1.807) is 12.3 Å². The van der Waals surface area contributed by atoms with Crippen molar-refractivity contribution < 1.29 is 9.53 Å². The molecule has 0 N–H and O–H groups in total. The summed E-state index contributed by atoms with van der Waals surface area (Å²) in [4.78, 5) is 22.1. The monoisotopic (exact) mass is 286 g/mol. The van der Waals surface area contributed by atoms with Gasteiger partial charge in [-0.25, -0.2) is 9.97 Å². The summed E-state index contributed by atoms with van der Waals surface area (Å²) in [5.41, 5.74) is 0. The van der Waals surface area contributed by atoms with Gasteiger partial charge in [-0.15, -0.1) is 0 Å². The number of aromatic nitrogens is 3. The summed E-state index contributed by atoms with van der Waals surface area (Å²) in [7, 11) is 0. The number of nitrogens with zero attached hydrogens (tertiary/aromatic N) is 4. The molecule has 2 aromatic heterocycles. The topological polar surface area (TPSA) is 60.2 Å². The summed E-state index contributed by atoms with van der Waals surface area (Å²) in [5.74, 6) is 0.692. The van der Waals surface area contributed by atoms with Crippen LogP contribution in [0.1, 0.15) is 12.8 Å². The van der Waals surface area contributed by atoms with Crippen molar-refractivity contribution in [2.45, 2.75) is 25.5 Å². The summed E-state index contributed by atoms with van der Waals surface area (Å²) >= 11 is 0. The first-order valence-electron chi connectivity index (χ1n) is 7.12. The second-order valence-electron chi connectivity index (χ2n) is 5.12. The highest BCUT2D eigenvalue weighted by Gasteiger charge is 2.25. The maximum Gasteiger partial charge on any atom is 0.242 e. The number of piperidine rings is 1. The maximum atomic E-state index is 12.3. The van der Waals surface area contributed by atoms with E-state index in [-0.39, 0.29) is 12.0 Å². The lowest BCUT2D eigenvalue weighted by atomic mass is 10.1. The van der Waals surface area contributed by atoms with Gasteiger partial charge in [0.25, 0.3) is 0 Å². The molecule has 0 aromatic carbocycles. The molecular formula is C15H18N4O2. The van der Waals surface area contributed by atoms with E-state index in [9.17, 15) is 4.79 Å². The van der Waals surface area contributed by atoms with Gasteiger partial charge in [0.05, 0.1) is 6.54 Å². The van der Waals surface area contributed by atoms with Gasteiger partial charge in [0, 0.05) is 31.2 Å². The van der Waals surface area contributed by atoms with Gasteiger partial charge in [-0.3, -0.25) is 4.79 Å². The fourth-order valence-corrected chi connectivity index (χ4v) is 2.51. The van der Waals surface area contributed by atoms with Crippen LogP contribution < -0.4 is 4.74 Å². The third kappa shape index (κ3) is 3.59. The Labute approximate surface area is 123 Å². The molecule has 110 valence electrons. The Kier molecular flexibility index (Phi) is 4.14. The molecule has 0 saturated carbocycles. The molecule has 1 amide bonds. The van der Waals surface area contributed by atoms with Crippen molar-refractivity contribution in [1.29, 1.82) is 0 Å². The van der Waals surface area contributed by atoms with Crippen LogP contribution in [0.5, 0.6) is 5.88 Å². The van der Waals surface area contributed by atoms with Crippen molar-refractivity contribution in [1.82, 2.24) is 19.4 Å². The van der Waals surface area contributed by atoms with E-state index in [2.05, 4.69) is 9.97 Å². The molecule has 6 nitrogen and oxygen atoms in total. The molecule has 1 atom stereocenters. The molecule has 2 aromatic rings. The standard InChI is InChI=1S/C15H18N4O2/c20-15(11-18-7-1-2-8-18)19-9-3-4-13(10-19)21-14-5-6-16-12-17-14/h1-2,5-8,12-13H,3-4,9-11H2. The van der Waals surface area contributed by atoms with Crippen LogP contribution in [-0.4, -0.2) is 44.5 Å². The van der Waals surface area contributed by atoms with Gasteiger partial charge in [-0.2, -0.15) is 0 Å². The van der Waals surface area contributed by atoms with Crippen LogP contribution in [0.4, 0.5) is 0 Å². The van der Waals surface area contributed by atoms with Gasteiger partial charge in [0.15, 0.2) is 0 Å². The lowest BCUT2D eigenvalue weighted by Gasteiger charge is -2.32. The van der Waals surface area contributed by atoms with Gasteiger partial charge in [0.2, 0.25) is 11.8 Å². The van der Waals surface area contributed by atoms with Crippen molar-refractivity contribution in [2.24, 2.45) is 0 Å². The Hall–Kier alpha value is -2.37. The van der Waals surface area contributed by atoms with E-state index in [0.717, 1.165) is 19.4 Å². The van der Waals surface area contributed by atoms with Crippen LogP contribution in [0.3, 0.4) is 0 Å². The molecule has 3 heterocycles.